The Hall–Kier alpha value is -1.55. The average molecular weight is 256 g/mol. The third kappa shape index (κ3) is 4.07. The Bertz CT molecular complexity index is 432. The molecule has 1 rings (SSSR count). The van der Waals surface area contributed by atoms with Crippen LogP contribution in [0.5, 0.6) is 0 Å². The van der Waals surface area contributed by atoms with Crippen molar-refractivity contribution in [3.63, 3.8) is 0 Å². The molecule has 1 amide bonds. The Morgan fingerprint density at radius 3 is 2.71 bits per heavy atom. The zero-order chi connectivity index (χ0) is 12.8. The molecule has 1 N–H and O–H groups in total. The van der Waals surface area contributed by atoms with Crippen molar-refractivity contribution >= 4 is 23.5 Å². The summed E-state index contributed by atoms with van der Waals surface area (Å²) in [7, 11) is 1.31. The minimum atomic E-state index is -0.361. The van der Waals surface area contributed by atoms with Gasteiger partial charge in [-0.3, -0.25) is 9.59 Å². The lowest BCUT2D eigenvalue weighted by Crippen LogP contribution is -2.26. The Morgan fingerprint density at radius 1 is 1.41 bits per heavy atom. The number of ether oxygens (including phenoxy) is 1. The normalized spacial score (nSPS) is 9.82. The van der Waals surface area contributed by atoms with Crippen molar-refractivity contribution in [1.29, 1.82) is 0 Å². The van der Waals surface area contributed by atoms with E-state index < -0.39 is 0 Å². The highest BCUT2D eigenvalue weighted by Crippen LogP contribution is 2.17. The fourth-order valence-corrected chi connectivity index (χ4v) is 1.60. The van der Waals surface area contributed by atoms with E-state index in [9.17, 15) is 9.59 Å². The van der Waals surface area contributed by atoms with E-state index in [1.165, 1.54) is 7.11 Å². The van der Waals surface area contributed by atoms with E-state index in [1.807, 2.05) is 6.92 Å². The number of aryl methyl sites for hydroxylation is 1. The zero-order valence-corrected chi connectivity index (χ0v) is 10.5. The number of hydrogen-bond acceptors (Lipinski definition) is 3. The number of carbonyl (C=O) groups is 2. The molecule has 0 saturated carbocycles. The van der Waals surface area contributed by atoms with Crippen molar-refractivity contribution in [2.24, 2.45) is 0 Å². The van der Waals surface area contributed by atoms with E-state index >= 15 is 0 Å². The van der Waals surface area contributed by atoms with Crippen LogP contribution in [0, 0.1) is 6.92 Å². The minimum absolute atomic E-state index is 0.145. The average Bonchev–Trinajstić information content (AvgIpc) is 2.28. The quantitative estimate of drug-likeness (QED) is 0.837. The molecule has 0 spiro atoms. The van der Waals surface area contributed by atoms with Crippen LogP contribution in [0.4, 0.5) is 0 Å². The molecule has 17 heavy (non-hydrogen) atoms. The largest absolute Gasteiger partial charge is 0.469 e. The first kappa shape index (κ1) is 13.5. The van der Waals surface area contributed by atoms with Crippen LogP contribution in [0.1, 0.15) is 22.3 Å². The standard InChI is InChI=1S/C12H14ClNO3/c1-8-3-4-9(10(13)7-8)12(16)14-6-5-11(15)17-2/h3-4,7H,5-6H2,1-2H3,(H,14,16). The molecule has 0 heterocycles. The molecule has 0 aliphatic heterocycles. The number of amides is 1. The molecule has 0 unspecified atom stereocenters. The van der Waals surface area contributed by atoms with Gasteiger partial charge in [0.15, 0.2) is 0 Å². The van der Waals surface area contributed by atoms with Crippen molar-refractivity contribution in [2.75, 3.05) is 13.7 Å². The summed E-state index contributed by atoms with van der Waals surface area (Å²) in [6, 6.07) is 5.18. The van der Waals surface area contributed by atoms with E-state index in [4.69, 9.17) is 11.6 Å². The number of rotatable bonds is 4. The van der Waals surface area contributed by atoms with Crippen molar-refractivity contribution in [2.45, 2.75) is 13.3 Å². The number of methoxy groups -OCH3 is 1. The van der Waals surface area contributed by atoms with E-state index in [0.717, 1.165) is 5.56 Å². The van der Waals surface area contributed by atoms with Crippen molar-refractivity contribution < 1.29 is 14.3 Å². The summed E-state index contributed by atoms with van der Waals surface area (Å²) in [5, 5.41) is 3.00. The summed E-state index contributed by atoms with van der Waals surface area (Å²) in [5.74, 6) is -0.654. The van der Waals surface area contributed by atoms with Gasteiger partial charge in [0.25, 0.3) is 5.91 Å². The number of benzene rings is 1. The van der Waals surface area contributed by atoms with Crippen LogP contribution < -0.4 is 5.32 Å². The summed E-state index contributed by atoms with van der Waals surface area (Å²) in [5.41, 5.74) is 1.39. The van der Waals surface area contributed by atoms with Crippen LogP contribution in [-0.2, 0) is 9.53 Å². The highest BCUT2D eigenvalue weighted by atomic mass is 35.5. The molecule has 0 aliphatic rings. The summed E-state index contributed by atoms with van der Waals surface area (Å²) >= 11 is 5.94. The first-order valence-corrected chi connectivity index (χ1v) is 5.53. The maximum Gasteiger partial charge on any atom is 0.307 e. The number of nitrogens with one attached hydrogen (secondary N) is 1. The minimum Gasteiger partial charge on any atom is -0.469 e. The predicted octanol–water partition coefficient (Wildman–Crippen LogP) is 1.94. The van der Waals surface area contributed by atoms with E-state index in [1.54, 1.807) is 18.2 Å². The van der Waals surface area contributed by atoms with Gasteiger partial charge < -0.3 is 10.1 Å². The SMILES string of the molecule is COC(=O)CCNC(=O)c1ccc(C)cc1Cl. The molecule has 1 aromatic carbocycles. The van der Waals surface area contributed by atoms with Gasteiger partial charge in [-0.25, -0.2) is 0 Å². The molecule has 5 heteroatoms. The highest BCUT2D eigenvalue weighted by Gasteiger charge is 2.10. The fraction of sp³-hybridized carbons (Fsp3) is 0.333. The molecule has 0 radical (unpaired) electrons. The highest BCUT2D eigenvalue weighted by molar-refractivity contribution is 6.33. The Balaban J connectivity index is 2.55. The molecule has 0 atom stereocenters. The Kier molecular flexibility index (Phi) is 4.97. The van der Waals surface area contributed by atoms with Crippen molar-refractivity contribution in [1.82, 2.24) is 5.32 Å². The van der Waals surface area contributed by atoms with Gasteiger partial charge in [-0.15, -0.1) is 0 Å². The summed E-state index contributed by atoms with van der Waals surface area (Å²) in [6.45, 7) is 2.13. The maximum absolute atomic E-state index is 11.7. The van der Waals surface area contributed by atoms with Crippen molar-refractivity contribution in [3.05, 3.63) is 34.3 Å². The third-order valence-corrected chi connectivity index (χ3v) is 2.52. The third-order valence-electron chi connectivity index (χ3n) is 2.21. The molecule has 92 valence electrons. The molecular formula is C12H14ClNO3. The van der Waals surface area contributed by atoms with Crippen LogP contribution >= 0.6 is 11.6 Å². The topological polar surface area (TPSA) is 55.4 Å². The van der Waals surface area contributed by atoms with Crippen LogP contribution in [0.2, 0.25) is 5.02 Å². The maximum atomic E-state index is 11.7. The van der Waals surface area contributed by atoms with Crippen LogP contribution in [0.15, 0.2) is 18.2 Å². The molecule has 1 aromatic rings. The smallest absolute Gasteiger partial charge is 0.307 e. The van der Waals surface area contributed by atoms with Gasteiger partial charge in [0.05, 0.1) is 24.1 Å². The lowest BCUT2D eigenvalue weighted by atomic mass is 10.1. The molecular weight excluding hydrogens is 242 g/mol. The lowest BCUT2D eigenvalue weighted by Gasteiger charge is -2.06. The number of esters is 1. The molecule has 4 nitrogen and oxygen atoms in total. The number of carbonyl (C=O) groups excluding carboxylic acids is 2. The van der Waals surface area contributed by atoms with Crippen LogP contribution in [-0.4, -0.2) is 25.5 Å². The zero-order valence-electron chi connectivity index (χ0n) is 9.75. The van der Waals surface area contributed by atoms with Gasteiger partial charge in [-0.05, 0) is 24.6 Å². The predicted molar refractivity (Wildman–Crippen MR) is 65.2 cm³/mol. The Labute approximate surface area is 105 Å². The molecule has 0 fully saturated rings. The van der Waals surface area contributed by atoms with Gasteiger partial charge in [0.1, 0.15) is 0 Å². The van der Waals surface area contributed by atoms with Gasteiger partial charge in [-0.1, -0.05) is 17.7 Å². The molecule has 0 aromatic heterocycles. The fourth-order valence-electron chi connectivity index (χ4n) is 1.28. The second-order valence-electron chi connectivity index (χ2n) is 3.57. The van der Waals surface area contributed by atoms with E-state index in [-0.39, 0.29) is 24.8 Å². The van der Waals surface area contributed by atoms with Crippen molar-refractivity contribution in [3.8, 4) is 0 Å². The monoisotopic (exact) mass is 255 g/mol. The molecule has 0 bridgehead atoms. The molecule has 0 aliphatic carbocycles. The van der Waals surface area contributed by atoms with E-state index in [2.05, 4.69) is 10.1 Å². The second-order valence-corrected chi connectivity index (χ2v) is 3.97. The molecule has 0 saturated heterocycles. The first-order valence-electron chi connectivity index (χ1n) is 5.15. The van der Waals surface area contributed by atoms with Gasteiger partial charge in [0.2, 0.25) is 0 Å². The summed E-state index contributed by atoms with van der Waals surface area (Å²) in [4.78, 5) is 22.5. The number of hydrogen-bond donors (Lipinski definition) is 1. The van der Waals surface area contributed by atoms with Gasteiger partial charge >= 0.3 is 5.97 Å². The second kappa shape index (κ2) is 6.25. The summed E-state index contributed by atoms with van der Waals surface area (Å²) in [6.07, 6.45) is 0.145. The van der Waals surface area contributed by atoms with Crippen LogP contribution in [0.3, 0.4) is 0 Å². The number of halogens is 1. The van der Waals surface area contributed by atoms with E-state index in [0.29, 0.717) is 10.6 Å². The van der Waals surface area contributed by atoms with Crippen LogP contribution in [0.25, 0.3) is 0 Å². The van der Waals surface area contributed by atoms with Gasteiger partial charge in [0, 0.05) is 6.54 Å². The first-order chi connectivity index (χ1) is 8.04. The van der Waals surface area contributed by atoms with Gasteiger partial charge in [-0.2, -0.15) is 0 Å². The lowest BCUT2D eigenvalue weighted by molar-refractivity contribution is -0.140. The summed E-state index contributed by atoms with van der Waals surface area (Å²) < 4.78 is 4.46. The Morgan fingerprint density at radius 2 is 2.12 bits per heavy atom.